The number of benzene rings is 1. The molecule has 71 valence electrons. The fraction of sp³-hybridized carbons (Fsp3) is 0.333. The Morgan fingerprint density at radius 3 is 2.38 bits per heavy atom. The molecule has 0 atom stereocenters. The van der Waals surface area contributed by atoms with Gasteiger partial charge in [-0.2, -0.15) is 13.2 Å². The van der Waals surface area contributed by atoms with E-state index in [0.29, 0.717) is 6.42 Å². The third-order valence-corrected chi connectivity index (χ3v) is 2.32. The topological polar surface area (TPSA) is 0 Å². The molecule has 1 aromatic rings. The van der Waals surface area contributed by atoms with Gasteiger partial charge in [-0.1, -0.05) is 28.9 Å². The van der Waals surface area contributed by atoms with Crippen LogP contribution < -0.4 is 0 Å². The van der Waals surface area contributed by atoms with Crippen molar-refractivity contribution >= 4 is 15.9 Å². The van der Waals surface area contributed by atoms with E-state index in [1.807, 2.05) is 0 Å². The van der Waals surface area contributed by atoms with Crippen LogP contribution in [0.5, 0.6) is 0 Å². The van der Waals surface area contributed by atoms with E-state index in [4.69, 9.17) is 0 Å². The average Bonchev–Trinajstić information content (AvgIpc) is 2.01. The van der Waals surface area contributed by atoms with Crippen molar-refractivity contribution in [3.63, 3.8) is 0 Å². The van der Waals surface area contributed by atoms with Crippen LogP contribution in [0.3, 0.4) is 0 Å². The van der Waals surface area contributed by atoms with Crippen LogP contribution in [0.4, 0.5) is 13.2 Å². The summed E-state index contributed by atoms with van der Waals surface area (Å²) < 4.78 is 37.4. The summed E-state index contributed by atoms with van der Waals surface area (Å²) in [7, 11) is 0. The van der Waals surface area contributed by atoms with Crippen molar-refractivity contribution in [1.82, 2.24) is 0 Å². The summed E-state index contributed by atoms with van der Waals surface area (Å²) in [5, 5.41) is 0. The summed E-state index contributed by atoms with van der Waals surface area (Å²) in [5.74, 6) is 0. The van der Waals surface area contributed by atoms with Gasteiger partial charge in [0.15, 0.2) is 0 Å². The van der Waals surface area contributed by atoms with Crippen LogP contribution in [-0.2, 0) is 12.6 Å². The predicted octanol–water partition coefficient (Wildman–Crippen LogP) is 3.83. The Hall–Kier alpha value is -0.510. The van der Waals surface area contributed by atoms with E-state index in [2.05, 4.69) is 22.0 Å². The first-order valence-electron chi connectivity index (χ1n) is 3.72. The Bertz CT molecular complexity index is 304. The number of aryl methyl sites for hydroxylation is 1. The first kappa shape index (κ1) is 10.6. The number of halogens is 4. The summed E-state index contributed by atoms with van der Waals surface area (Å²) in [6.45, 7) is 1.69. The van der Waals surface area contributed by atoms with Gasteiger partial charge < -0.3 is 0 Å². The van der Waals surface area contributed by atoms with Gasteiger partial charge in [-0.3, -0.25) is 0 Å². The minimum atomic E-state index is -4.29. The molecule has 0 spiro atoms. The van der Waals surface area contributed by atoms with Crippen molar-refractivity contribution < 1.29 is 13.2 Å². The molecule has 1 rings (SSSR count). The highest BCUT2D eigenvalue weighted by atomic mass is 79.9. The van der Waals surface area contributed by atoms with Crippen molar-refractivity contribution in [3.05, 3.63) is 33.8 Å². The van der Waals surface area contributed by atoms with Gasteiger partial charge in [0.1, 0.15) is 0 Å². The third kappa shape index (κ3) is 2.24. The van der Waals surface area contributed by atoms with Crippen molar-refractivity contribution in [3.8, 4) is 0 Å². The molecule has 0 N–H and O–H groups in total. The second-order valence-corrected chi connectivity index (χ2v) is 3.41. The zero-order valence-electron chi connectivity index (χ0n) is 6.87. The smallest absolute Gasteiger partial charge is 0.166 e. The van der Waals surface area contributed by atoms with Gasteiger partial charge in [0, 0.05) is 4.47 Å². The lowest BCUT2D eigenvalue weighted by molar-refractivity contribution is -0.138. The molecular weight excluding hydrogens is 245 g/mol. The van der Waals surface area contributed by atoms with Gasteiger partial charge in [0.25, 0.3) is 0 Å². The molecule has 0 unspecified atom stereocenters. The Labute approximate surface area is 82.9 Å². The predicted molar refractivity (Wildman–Crippen MR) is 47.4 cm³/mol. The van der Waals surface area contributed by atoms with E-state index in [-0.39, 0.29) is 10.0 Å². The zero-order chi connectivity index (χ0) is 10.1. The van der Waals surface area contributed by atoms with Gasteiger partial charge in [0.2, 0.25) is 0 Å². The second kappa shape index (κ2) is 3.70. The summed E-state index contributed by atoms with van der Waals surface area (Å²) in [5.41, 5.74) is -0.323. The Morgan fingerprint density at radius 1 is 1.38 bits per heavy atom. The maximum atomic E-state index is 12.5. The molecule has 0 heterocycles. The van der Waals surface area contributed by atoms with Crippen LogP contribution in [0.1, 0.15) is 18.1 Å². The molecule has 0 aliphatic rings. The van der Waals surface area contributed by atoms with E-state index < -0.39 is 11.7 Å². The van der Waals surface area contributed by atoms with Crippen LogP contribution in [0.2, 0.25) is 0 Å². The van der Waals surface area contributed by atoms with Crippen molar-refractivity contribution in [2.24, 2.45) is 0 Å². The molecule has 1 radical (unpaired) electrons. The van der Waals surface area contributed by atoms with Crippen LogP contribution in [-0.4, -0.2) is 0 Å². The maximum absolute atomic E-state index is 12.5. The van der Waals surface area contributed by atoms with E-state index >= 15 is 0 Å². The second-order valence-electron chi connectivity index (χ2n) is 2.55. The SMILES string of the molecule is CCc1c[c]cc(Br)c1C(F)(F)F. The molecule has 13 heavy (non-hydrogen) atoms. The minimum absolute atomic E-state index is 0.0550. The fourth-order valence-corrected chi connectivity index (χ4v) is 1.72. The molecule has 0 nitrogen and oxygen atoms in total. The van der Waals surface area contributed by atoms with Crippen LogP contribution in [0, 0.1) is 6.07 Å². The standard InChI is InChI=1S/C9H7BrF3/c1-2-6-4-3-5-7(10)8(6)9(11,12)13/h4-5H,2H2,1H3. The number of rotatable bonds is 1. The monoisotopic (exact) mass is 251 g/mol. The number of alkyl halides is 3. The average molecular weight is 252 g/mol. The molecular formula is C9H7BrF3. The lowest BCUT2D eigenvalue weighted by Gasteiger charge is -2.12. The quantitative estimate of drug-likeness (QED) is 0.712. The molecule has 0 aliphatic carbocycles. The fourth-order valence-electron chi connectivity index (χ4n) is 1.11. The van der Waals surface area contributed by atoms with Crippen molar-refractivity contribution in [2.75, 3.05) is 0 Å². The van der Waals surface area contributed by atoms with Crippen LogP contribution in [0.15, 0.2) is 16.6 Å². The molecule has 0 saturated carbocycles. The summed E-state index contributed by atoms with van der Waals surface area (Å²) in [6, 6.07) is 5.29. The van der Waals surface area contributed by atoms with E-state index in [9.17, 15) is 13.2 Å². The first-order chi connectivity index (χ1) is 5.96. The molecule has 0 aromatic heterocycles. The highest BCUT2D eigenvalue weighted by Gasteiger charge is 2.34. The Balaban J connectivity index is 3.32. The van der Waals surface area contributed by atoms with Crippen molar-refractivity contribution in [2.45, 2.75) is 19.5 Å². The van der Waals surface area contributed by atoms with E-state index in [1.165, 1.54) is 12.1 Å². The lowest BCUT2D eigenvalue weighted by Crippen LogP contribution is -2.09. The van der Waals surface area contributed by atoms with E-state index in [0.717, 1.165) is 0 Å². The summed E-state index contributed by atoms with van der Waals surface area (Å²) in [6.07, 6.45) is -3.94. The van der Waals surface area contributed by atoms with E-state index in [1.54, 1.807) is 6.92 Å². The summed E-state index contributed by atoms with van der Waals surface area (Å²) >= 11 is 2.87. The van der Waals surface area contributed by atoms with Gasteiger partial charge in [-0.05, 0) is 24.1 Å². The number of hydrogen-bond acceptors (Lipinski definition) is 0. The van der Waals surface area contributed by atoms with Crippen LogP contribution >= 0.6 is 15.9 Å². The molecule has 1 aromatic carbocycles. The van der Waals surface area contributed by atoms with Gasteiger partial charge >= 0.3 is 6.18 Å². The molecule has 0 bridgehead atoms. The Kier molecular flexibility index (Phi) is 3.01. The van der Waals surface area contributed by atoms with Crippen molar-refractivity contribution in [1.29, 1.82) is 0 Å². The molecule has 0 aliphatic heterocycles. The number of hydrogen-bond donors (Lipinski definition) is 0. The molecule has 4 heteroatoms. The highest BCUT2D eigenvalue weighted by Crippen LogP contribution is 2.37. The highest BCUT2D eigenvalue weighted by molar-refractivity contribution is 9.10. The zero-order valence-corrected chi connectivity index (χ0v) is 8.46. The first-order valence-corrected chi connectivity index (χ1v) is 4.51. The summed E-state index contributed by atoms with van der Waals surface area (Å²) in [4.78, 5) is 0. The molecule has 0 fully saturated rings. The van der Waals surface area contributed by atoms with Gasteiger partial charge in [-0.25, -0.2) is 0 Å². The third-order valence-electron chi connectivity index (χ3n) is 1.69. The Morgan fingerprint density at radius 2 is 2.00 bits per heavy atom. The maximum Gasteiger partial charge on any atom is 0.417 e. The van der Waals surface area contributed by atoms with Crippen LogP contribution in [0.25, 0.3) is 0 Å². The normalized spacial score (nSPS) is 11.8. The molecule has 0 saturated heterocycles. The molecule has 0 amide bonds. The lowest BCUT2D eigenvalue weighted by atomic mass is 10.1. The largest absolute Gasteiger partial charge is 0.417 e. The van der Waals surface area contributed by atoms with Gasteiger partial charge in [-0.15, -0.1) is 0 Å². The van der Waals surface area contributed by atoms with Gasteiger partial charge in [0.05, 0.1) is 5.56 Å². The minimum Gasteiger partial charge on any atom is -0.166 e.